The average Bonchev–Trinajstić information content (AvgIpc) is 3.06. The second kappa shape index (κ2) is 37.7. The van der Waals surface area contributed by atoms with Crippen LogP contribution in [0.25, 0.3) is 0 Å². The summed E-state index contributed by atoms with van der Waals surface area (Å²) in [7, 11) is 0. The Kier molecular flexibility index (Phi) is 36.8. The van der Waals surface area contributed by atoms with Gasteiger partial charge in [-0.3, -0.25) is 14.4 Å². The molecule has 0 radical (unpaired) electrons. The Morgan fingerprint density at radius 2 is 0.681 bits per heavy atom. The second-order valence-corrected chi connectivity index (χ2v) is 14.4. The zero-order chi connectivity index (χ0) is 34.5. The van der Waals surface area contributed by atoms with Gasteiger partial charge in [-0.25, -0.2) is 0 Å². The topological polar surface area (TPSA) is 78.9 Å². The first-order chi connectivity index (χ1) is 23.0. The van der Waals surface area contributed by atoms with Gasteiger partial charge >= 0.3 is 17.9 Å². The highest BCUT2D eigenvalue weighted by atomic mass is 79.9. The smallest absolute Gasteiger partial charge is 0.306 e. The van der Waals surface area contributed by atoms with E-state index in [0.717, 1.165) is 50.3 Å². The van der Waals surface area contributed by atoms with Gasteiger partial charge in [0.1, 0.15) is 13.2 Å². The minimum atomic E-state index is -0.766. The number of hydrogen-bond donors (Lipinski definition) is 0. The maximum Gasteiger partial charge on any atom is 0.306 e. The van der Waals surface area contributed by atoms with Gasteiger partial charge in [0.05, 0.1) is 0 Å². The molecule has 0 N–H and O–H groups in total. The third-order valence-electron chi connectivity index (χ3n) is 8.89. The summed E-state index contributed by atoms with van der Waals surface area (Å²) in [6.45, 7) is 4.37. The first kappa shape index (κ1) is 45.9. The fourth-order valence-corrected chi connectivity index (χ4v) is 6.21. The fourth-order valence-electron chi connectivity index (χ4n) is 5.82. The maximum atomic E-state index is 12.4. The third-order valence-corrected chi connectivity index (χ3v) is 9.45. The lowest BCUT2D eigenvalue weighted by atomic mass is 10.0. The predicted octanol–water partition coefficient (Wildman–Crippen LogP) is 12.5. The van der Waals surface area contributed by atoms with Gasteiger partial charge in [-0.1, -0.05) is 184 Å². The second-order valence-electron chi connectivity index (χ2n) is 13.6. The molecule has 0 aliphatic heterocycles. The molecule has 0 aromatic rings. The van der Waals surface area contributed by atoms with Crippen molar-refractivity contribution in [2.45, 2.75) is 219 Å². The van der Waals surface area contributed by atoms with Crippen LogP contribution in [0.5, 0.6) is 0 Å². The summed E-state index contributed by atoms with van der Waals surface area (Å²) < 4.78 is 16.4. The van der Waals surface area contributed by atoms with Crippen LogP contribution in [0.15, 0.2) is 0 Å². The molecule has 0 amide bonds. The summed E-state index contributed by atoms with van der Waals surface area (Å²) >= 11 is 3.38. The Labute approximate surface area is 299 Å². The number of unbranched alkanes of at least 4 members (excludes halogenated alkanes) is 25. The molecule has 0 saturated heterocycles. The molecule has 278 valence electrons. The van der Waals surface area contributed by atoms with Gasteiger partial charge in [0.15, 0.2) is 6.10 Å². The van der Waals surface area contributed by atoms with Crippen LogP contribution in [-0.4, -0.2) is 42.6 Å². The normalized spacial score (nSPS) is 11.2. The van der Waals surface area contributed by atoms with E-state index < -0.39 is 6.10 Å². The van der Waals surface area contributed by atoms with E-state index in [-0.39, 0.29) is 31.1 Å². The van der Waals surface area contributed by atoms with Crippen molar-refractivity contribution in [1.82, 2.24) is 0 Å². The quantitative estimate of drug-likeness (QED) is 0.0274. The SMILES string of the molecule is CCCCCCCCCCCCCCCC(=O)OCC(COC(=O)CCCCCCCCCCCCCCC)OC(=O)CCCCBr. The number of carbonyl (C=O) groups is 3. The van der Waals surface area contributed by atoms with Crippen molar-refractivity contribution in [1.29, 1.82) is 0 Å². The van der Waals surface area contributed by atoms with Crippen molar-refractivity contribution < 1.29 is 28.6 Å². The number of esters is 3. The molecule has 0 aromatic carbocycles. The zero-order valence-corrected chi connectivity index (χ0v) is 32.5. The van der Waals surface area contributed by atoms with E-state index in [0.29, 0.717) is 25.7 Å². The molecule has 7 heteroatoms. The molecule has 0 spiro atoms. The van der Waals surface area contributed by atoms with E-state index >= 15 is 0 Å². The van der Waals surface area contributed by atoms with Crippen molar-refractivity contribution in [2.75, 3.05) is 18.5 Å². The molecule has 0 atom stereocenters. The van der Waals surface area contributed by atoms with Gasteiger partial charge in [-0.15, -0.1) is 0 Å². The molecule has 0 rings (SSSR count). The summed E-state index contributed by atoms with van der Waals surface area (Å²) in [5, 5.41) is 0.831. The Bertz CT molecular complexity index is 654. The van der Waals surface area contributed by atoms with Crippen LogP contribution in [0, 0.1) is 0 Å². The van der Waals surface area contributed by atoms with Crippen LogP contribution >= 0.6 is 15.9 Å². The molecule has 0 bridgehead atoms. The first-order valence-electron chi connectivity index (χ1n) is 20.1. The Balaban J connectivity index is 4.06. The highest BCUT2D eigenvalue weighted by molar-refractivity contribution is 9.09. The van der Waals surface area contributed by atoms with Crippen LogP contribution in [0.1, 0.15) is 213 Å². The molecule has 6 nitrogen and oxygen atoms in total. The lowest BCUT2D eigenvalue weighted by Crippen LogP contribution is -2.30. The van der Waals surface area contributed by atoms with Crippen molar-refractivity contribution in [2.24, 2.45) is 0 Å². The van der Waals surface area contributed by atoms with Crippen LogP contribution in [0.3, 0.4) is 0 Å². The van der Waals surface area contributed by atoms with Crippen molar-refractivity contribution in [3.05, 3.63) is 0 Å². The number of alkyl halides is 1. The van der Waals surface area contributed by atoms with E-state index in [1.165, 1.54) is 128 Å². The van der Waals surface area contributed by atoms with Gasteiger partial charge in [0.25, 0.3) is 0 Å². The molecule has 0 aliphatic rings. The summed E-state index contributed by atoms with van der Waals surface area (Å²) in [4.78, 5) is 37.0. The standard InChI is InChI=1S/C40H75BrO6/c1-3-5-7-9-11-13-15-17-19-21-23-25-27-31-38(42)45-35-37(47-40(44)33-29-30-34-41)36-46-39(43)32-28-26-24-22-20-18-16-14-12-10-8-6-4-2/h37H,3-36H2,1-2H3. The van der Waals surface area contributed by atoms with Gasteiger partial charge in [-0.05, 0) is 25.7 Å². The van der Waals surface area contributed by atoms with Gasteiger partial charge in [0, 0.05) is 24.6 Å². The van der Waals surface area contributed by atoms with Crippen molar-refractivity contribution >= 4 is 33.8 Å². The van der Waals surface area contributed by atoms with Crippen LogP contribution in [-0.2, 0) is 28.6 Å². The lowest BCUT2D eigenvalue weighted by Gasteiger charge is -2.18. The molecule has 0 aliphatic carbocycles. The molecule has 47 heavy (non-hydrogen) atoms. The van der Waals surface area contributed by atoms with E-state index in [1.54, 1.807) is 0 Å². The summed E-state index contributed by atoms with van der Waals surface area (Å²) in [5.74, 6) is -0.922. The molecule has 0 saturated carbocycles. The van der Waals surface area contributed by atoms with E-state index in [1.807, 2.05) is 0 Å². The fraction of sp³-hybridized carbons (Fsp3) is 0.925. The molecule has 0 unspecified atom stereocenters. The number of hydrogen-bond acceptors (Lipinski definition) is 6. The molecule has 0 heterocycles. The summed E-state index contributed by atoms with van der Waals surface area (Å²) in [5.41, 5.74) is 0. The van der Waals surface area contributed by atoms with Gasteiger partial charge < -0.3 is 14.2 Å². The molecular weight excluding hydrogens is 656 g/mol. The maximum absolute atomic E-state index is 12.4. The highest BCUT2D eigenvalue weighted by Gasteiger charge is 2.19. The lowest BCUT2D eigenvalue weighted by molar-refractivity contribution is -0.167. The predicted molar refractivity (Wildman–Crippen MR) is 200 cm³/mol. The minimum absolute atomic E-state index is 0.0759. The first-order valence-corrected chi connectivity index (χ1v) is 21.2. The van der Waals surface area contributed by atoms with Crippen molar-refractivity contribution in [3.63, 3.8) is 0 Å². The summed E-state index contributed by atoms with van der Waals surface area (Å²) in [6, 6.07) is 0. The summed E-state index contributed by atoms with van der Waals surface area (Å²) in [6.07, 6.45) is 34.5. The number of ether oxygens (including phenoxy) is 3. The monoisotopic (exact) mass is 730 g/mol. The van der Waals surface area contributed by atoms with Crippen LogP contribution < -0.4 is 0 Å². The van der Waals surface area contributed by atoms with Gasteiger partial charge in [0.2, 0.25) is 0 Å². The Morgan fingerprint density at radius 1 is 0.404 bits per heavy atom. The Hall–Kier alpha value is -1.11. The van der Waals surface area contributed by atoms with Gasteiger partial charge in [-0.2, -0.15) is 0 Å². The van der Waals surface area contributed by atoms with E-state index in [2.05, 4.69) is 29.8 Å². The molecule has 0 aromatic heterocycles. The highest BCUT2D eigenvalue weighted by Crippen LogP contribution is 2.15. The third kappa shape index (κ3) is 36.0. The Morgan fingerprint density at radius 3 is 1.00 bits per heavy atom. The van der Waals surface area contributed by atoms with E-state index in [9.17, 15) is 14.4 Å². The van der Waals surface area contributed by atoms with Crippen LogP contribution in [0.4, 0.5) is 0 Å². The zero-order valence-electron chi connectivity index (χ0n) is 30.9. The van der Waals surface area contributed by atoms with Crippen molar-refractivity contribution in [3.8, 4) is 0 Å². The number of rotatable bonds is 37. The largest absolute Gasteiger partial charge is 0.462 e. The minimum Gasteiger partial charge on any atom is -0.462 e. The molecule has 0 fully saturated rings. The van der Waals surface area contributed by atoms with Crippen LogP contribution in [0.2, 0.25) is 0 Å². The number of carbonyl (C=O) groups excluding carboxylic acids is 3. The molecular formula is C40H75BrO6. The van der Waals surface area contributed by atoms with E-state index in [4.69, 9.17) is 14.2 Å². The average molecular weight is 732 g/mol. The number of halogens is 1.